The molecule has 3 aromatic heterocycles. The highest BCUT2D eigenvalue weighted by molar-refractivity contribution is 6.23. The number of aromatic carboxylic acids is 1. The lowest BCUT2D eigenvalue weighted by molar-refractivity contribution is -0.138. The molecule has 0 bridgehead atoms. The van der Waals surface area contributed by atoms with Gasteiger partial charge in [-0.15, -0.1) is 0 Å². The predicted molar refractivity (Wildman–Crippen MR) is 360 cm³/mol. The molecule has 7 heterocycles. The quantitative estimate of drug-likeness (QED) is 0.0391. The van der Waals surface area contributed by atoms with E-state index in [9.17, 15) is 62.3 Å². The van der Waals surface area contributed by atoms with E-state index >= 15 is 0 Å². The number of fused-ring (bicyclic) bond motifs is 2. The largest absolute Gasteiger partial charge is 0.478 e. The number of nitrogens with two attached hydrogens (primary N) is 2. The van der Waals surface area contributed by atoms with Crippen molar-refractivity contribution in [1.29, 1.82) is 0 Å². The number of ketones is 4. The smallest absolute Gasteiger partial charge is 0.339 e. The summed E-state index contributed by atoms with van der Waals surface area (Å²) in [4.78, 5) is 176. The van der Waals surface area contributed by atoms with E-state index in [0.717, 1.165) is 11.1 Å². The van der Waals surface area contributed by atoms with Crippen molar-refractivity contribution in [3.05, 3.63) is 231 Å². The number of nitrogens with zero attached hydrogens (tertiary/aromatic N) is 6. The van der Waals surface area contributed by atoms with E-state index in [1.807, 2.05) is 74.8 Å². The summed E-state index contributed by atoms with van der Waals surface area (Å²) >= 11 is 0. The maximum Gasteiger partial charge on any atom is 0.339 e. The Kier molecular flexibility index (Phi) is 21.7. The number of carbonyl (C=O) groups excluding carboxylic acids is 12. The van der Waals surface area contributed by atoms with Crippen molar-refractivity contribution >= 4 is 99.4 Å². The molecule has 2 aliphatic carbocycles. The molecule has 4 aromatic carbocycles. The number of imide groups is 2. The van der Waals surface area contributed by atoms with Crippen LogP contribution < -0.4 is 32.7 Å². The highest BCUT2D eigenvalue weighted by Gasteiger charge is 2.42. The van der Waals surface area contributed by atoms with Gasteiger partial charge in [-0.25, -0.2) is 14.8 Å². The van der Waals surface area contributed by atoms with Crippen LogP contribution in [0.2, 0.25) is 0 Å². The molecule has 4 aliphatic heterocycles. The molecule has 0 radical (unpaired) electrons. The molecule has 99 heavy (non-hydrogen) atoms. The monoisotopic (exact) mass is 1340 g/mol. The number of carboxylic acids is 1. The Labute approximate surface area is 566 Å². The van der Waals surface area contributed by atoms with Gasteiger partial charge in [-0.05, 0) is 96.5 Å². The van der Waals surface area contributed by atoms with Gasteiger partial charge in [0, 0.05) is 131 Å². The summed E-state index contributed by atoms with van der Waals surface area (Å²) in [5.74, 6) is -4.81. The van der Waals surface area contributed by atoms with Gasteiger partial charge in [0.1, 0.15) is 29.3 Å². The Hall–Kier alpha value is -12.5. The average Bonchev–Trinajstić information content (AvgIpc) is 1.66. The minimum absolute atomic E-state index is 0.0329. The number of piperidine rings is 2. The van der Waals surface area contributed by atoms with Gasteiger partial charge in [-0.3, -0.25) is 73.2 Å². The number of anilines is 4. The summed E-state index contributed by atoms with van der Waals surface area (Å²) < 4.78 is 0. The number of nitrogens with one attached hydrogen (secondary N) is 4. The van der Waals surface area contributed by atoms with Gasteiger partial charge in [0.25, 0.3) is 23.6 Å². The number of Topliss-reactive ketones (excluding diaryl/α,β-unsaturated/α-hetero) is 4. The number of hydrogen-bond donors (Lipinski definition) is 7. The zero-order valence-electron chi connectivity index (χ0n) is 53.8. The van der Waals surface area contributed by atoms with Crippen LogP contribution in [0.4, 0.5) is 23.0 Å². The number of amides is 8. The number of pyridine rings is 3. The molecule has 2 atom stereocenters. The minimum Gasteiger partial charge on any atom is -0.478 e. The van der Waals surface area contributed by atoms with Gasteiger partial charge < -0.3 is 41.9 Å². The SMILES string of the molecule is CN(C)C=C1C(=O)CC(c2ccccc2)CC1=O.Nc1ncccc1C(=O)Nc1cccc2c1CN(C1CCC(=O)NC1=O)C2=O.Nc1ncccc1C(=O)O.O=C1CCC(N2Cc3c(NC(=O)c4cccnc4CC=C4C(=O)CC(c5ccccc5)CC4=O)cccc3C2=O)C(=O)N1. The molecule has 8 amide bonds. The molecule has 504 valence electrons. The third-order valence-corrected chi connectivity index (χ3v) is 17.3. The first-order chi connectivity index (χ1) is 47.5. The molecular weight excluding hydrogens is 1270 g/mol. The Morgan fingerprint density at radius 1 is 0.525 bits per heavy atom. The summed E-state index contributed by atoms with van der Waals surface area (Å²) in [5, 5.41) is 18.6. The van der Waals surface area contributed by atoms with Crippen LogP contribution in [-0.2, 0) is 57.9 Å². The molecular formula is C73H68N12O14. The molecule has 26 nitrogen and oxygen atoms in total. The maximum absolute atomic E-state index is 13.5. The summed E-state index contributed by atoms with van der Waals surface area (Å²) in [6.45, 7) is 0.274. The van der Waals surface area contributed by atoms with E-state index < -0.39 is 41.7 Å². The van der Waals surface area contributed by atoms with Crippen LogP contribution in [0.25, 0.3) is 0 Å². The van der Waals surface area contributed by atoms with Crippen molar-refractivity contribution in [1.82, 2.24) is 40.3 Å². The first kappa shape index (κ1) is 69.4. The van der Waals surface area contributed by atoms with Crippen LogP contribution in [0.15, 0.2) is 175 Å². The zero-order valence-corrected chi connectivity index (χ0v) is 53.8. The van der Waals surface area contributed by atoms with Gasteiger partial charge in [0.15, 0.2) is 23.1 Å². The van der Waals surface area contributed by atoms with Gasteiger partial charge >= 0.3 is 5.97 Å². The first-order valence-electron chi connectivity index (χ1n) is 31.6. The second-order valence-corrected chi connectivity index (χ2v) is 24.1. The second-order valence-electron chi connectivity index (χ2n) is 24.1. The van der Waals surface area contributed by atoms with Crippen molar-refractivity contribution in [2.24, 2.45) is 0 Å². The molecule has 6 aliphatic rings. The van der Waals surface area contributed by atoms with Crippen LogP contribution >= 0.6 is 0 Å². The summed E-state index contributed by atoms with van der Waals surface area (Å²) in [5.41, 5.74) is 17.3. The fourth-order valence-corrected chi connectivity index (χ4v) is 12.3. The van der Waals surface area contributed by atoms with E-state index in [4.69, 9.17) is 16.6 Å². The third-order valence-electron chi connectivity index (χ3n) is 17.3. The van der Waals surface area contributed by atoms with Gasteiger partial charge in [0.05, 0.1) is 28.0 Å². The normalized spacial score (nSPS) is 18.6. The minimum atomic E-state index is -1.05. The molecule has 2 saturated carbocycles. The average molecular weight is 1340 g/mol. The van der Waals surface area contributed by atoms with Crippen molar-refractivity contribution in [2.45, 2.75) is 94.8 Å². The fraction of sp³-hybridized carbons (Fsp3) is 0.233. The maximum atomic E-state index is 13.5. The lowest BCUT2D eigenvalue weighted by atomic mass is 9.79. The van der Waals surface area contributed by atoms with E-state index in [-0.39, 0.29) is 151 Å². The highest BCUT2D eigenvalue weighted by atomic mass is 16.4. The standard InChI is InChI=1S/C33H28N4O6.C19H17N5O4.C15H17NO2.C6H6N2O2/c38-28-16-20(19-6-2-1-3-7-19)17-29(39)23(28)11-12-25-22(9-5-15-34-25)31(41)35-26-10-4-8-21-24(26)18-37(33(21)43)27-13-14-30(40)36-32(27)42;20-16-11(4-2-8-21-16)17(26)22-13-5-1-3-10-12(13)9-24(19(10)28)14-6-7-15(25)23-18(14)27;1-16(2)10-13-14(17)8-12(9-15(13)18)11-6-4-3-5-7-11;7-5-4(6(9)10)2-1-3-8-5/h1-11,15,20,27H,12-14,16-18H2,(H,35,41)(H,36,40,42);1-5,8,14H,6-7,9H2,(H2,20,21)(H,22,26)(H,23,25,27);3-7,10,12H,8-9H2,1-2H3;1-3H,(H2,7,8)(H,9,10). The number of rotatable bonds is 12. The fourth-order valence-electron chi connectivity index (χ4n) is 12.3. The number of allylic oxidation sites excluding steroid dienone is 3. The Balaban J connectivity index is 0.000000161. The van der Waals surface area contributed by atoms with Crippen LogP contribution in [0.3, 0.4) is 0 Å². The number of aromatic nitrogens is 3. The van der Waals surface area contributed by atoms with E-state index in [1.165, 1.54) is 40.5 Å². The molecule has 2 saturated heterocycles. The Morgan fingerprint density at radius 2 is 0.939 bits per heavy atom. The predicted octanol–water partition coefficient (Wildman–Crippen LogP) is 6.47. The second kappa shape index (κ2) is 30.9. The van der Waals surface area contributed by atoms with Crippen molar-refractivity contribution in [3.63, 3.8) is 0 Å². The number of hydrogen-bond acceptors (Lipinski definition) is 19. The lowest BCUT2D eigenvalue weighted by Gasteiger charge is -2.29. The van der Waals surface area contributed by atoms with Gasteiger partial charge in [0.2, 0.25) is 23.6 Å². The summed E-state index contributed by atoms with van der Waals surface area (Å²) in [6, 6.07) is 37.1. The van der Waals surface area contributed by atoms with E-state index in [1.54, 1.807) is 77.8 Å². The molecule has 7 aromatic rings. The topological polar surface area (TPSA) is 391 Å². The summed E-state index contributed by atoms with van der Waals surface area (Å²) in [7, 11) is 3.63. The third kappa shape index (κ3) is 16.3. The van der Waals surface area contributed by atoms with Crippen molar-refractivity contribution in [3.8, 4) is 0 Å². The highest BCUT2D eigenvalue weighted by Crippen LogP contribution is 2.37. The van der Waals surface area contributed by atoms with Crippen molar-refractivity contribution in [2.75, 3.05) is 36.2 Å². The molecule has 9 N–H and O–H groups in total. The van der Waals surface area contributed by atoms with Gasteiger partial charge in [-0.2, -0.15) is 0 Å². The van der Waals surface area contributed by atoms with Crippen LogP contribution in [-0.4, -0.2) is 137 Å². The summed E-state index contributed by atoms with van der Waals surface area (Å²) in [6.07, 6.45) is 9.94. The Bertz CT molecular complexity index is 4460. The number of carbonyl (C=O) groups is 13. The molecule has 4 fully saturated rings. The van der Waals surface area contributed by atoms with Gasteiger partial charge in [-0.1, -0.05) is 78.9 Å². The zero-order chi connectivity index (χ0) is 70.6. The van der Waals surface area contributed by atoms with Crippen LogP contribution in [0.1, 0.15) is 143 Å². The van der Waals surface area contributed by atoms with E-state index in [0.29, 0.717) is 57.7 Å². The molecule has 13 rings (SSSR count). The lowest BCUT2D eigenvalue weighted by Crippen LogP contribution is -2.52. The van der Waals surface area contributed by atoms with Crippen LogP contribution in [0.5, 0.6) is 0 Å². The van der Waals surface area contributed by atoms with Crippen LogP contribution in [0, 0.1) is 0 Å². The Morgan fingerprint density at radius 3 is 1.35 bits per heavy atom. The molecule has 2 unspecified atom stereocenters. The number of carboxylic acid groups (broad SMARTS) is 1. The molecule has 26 heteroatoms. The van der Waals surface area contributed by atoms with Crippen molar-refractivity contribution < 1.29 is 67.4 Å². The van der Waals surface area contributed by atoms with E-state index in [2.05, 4.69) is 36.2 Å². The number of benzene rings is 4. The number of nitrogen functional groups attached to an aromatic ring is 2. The molecule has 0 spiro atoms. The first-order valence-corrected chi connectivity index (χ1v) is 31.6.